The molecule has 0 unspecified atom stereocenters. The van der Waals surface area contributed by atoms with E-state index in [9.17, 15) is 19.5 Å². The fraction of sp³-hybridized carbons (Fsp3) is 0.488. The number of nitrogens with one attached hydrogen (secondary N) is 1. The van der Waals surface area contributed by atoms with Crippen molar-refractivity contribution in [3.05, 3.63) is 88.5 Å². The van der Waals surface area contributed by atoms with Crippen LogP contribution in [0.5, 0.6) is 5.75 Å². The van der Waals surface area contributed by atoms with Crippen molar-refractivity contribution in [1.29, 1.82) is 0 Å². The quantitative estimate of drug-likeness (QED) is 0.343. The van der Waals surface area contributed by atoms with Gasteiger partial charge < -0.3 is 19.8 Å². The van der Waals surface area contributed by atoms with Crippen LogP contribution in [0, 0.1) is 11.3 Å². The van der Waals surface area contributed by atoms with Gasteiger partial charge in [-0.25, -0.2) is 0 Å². The summed E-state index contributed by atoms with van der Waals surface area (Å²) in [6.07, 6.45) is 5.19. The number of aryl methyl sites for hydroxylation is 1. The van der Waals surface area contributed by atoms with Crippen molar-refractivity contribution in [2.45, 2.75) is 70.9 Å². The highest BCUT2D eigenvalue weighted by molar-refractivity contribution is 6.05. The van der Waals surface area contributed by atoms with Gasteiger partial charge in [0.05, 0.1) is 0 Å². The Labute approximate surface area is 295 Å². The van der Waals surface area contributed by atoms with Crippen molar-refractivity contribution in [2.24, 2.45) is 11.3 Å². The topological polar surface area (TPSA) is 96.4 Å². The van der Waals surface area contributed by atoms with Crippen LogP contribution >= 0.6 is 0 Å². The van der Waals surface area contributed by atoms with E-state index in [1.165, 1.54) is 35.2 Å². The standard InChI is InChI=1S/C41H49N5O4/c1-41(2)16-13-29-24-33(47)8-10-34(29)38(41)28-3-5-31(6-4-28)44-17-14-27(15-18-44)25-43-19-21-45(22-20-43)32-7-9-35-30(23-32)26-46(40(35)50)36-11-12-37(48)42-39(36)49/h3-10,23-24,27,36,38,47H,11-22,25-26H2,1-2H3,(H,42,48,49)/t36-,38+/m0/s1. The molecule has 3 aromatic carbocycles. The lowest BCUT2D eigenvalue weighted by molar-refractivity contribution is -0.136. The molecule has 8 rings (SSSR count). The molecular formula is C41H49N5O4. The second kappa shape index (κ2) is 13.1. The van der Waals surface area contributed by atoms with Crippen LogP contribution < -0.4 is 15.1 Å². The molecule has 3 aromatic rings. The summed E-state index contributed by atoms with van der Waals surface area (Å²) in [4.78, 5) is 46.4. The molecule has 0 bridgehead atoms. The predicted molar refractivity (Wildman–Crippen MR) is 195 cm³/mol. The van der Waals surface area contributed by atoms with Gasteiger partial charge in [-0.05, 0) is 108 Å². The number of anilines is 2. The van der Waals surface area contributed by atoms with Gasteiger partial charge in [0, 0.05) is 81.6 Å². The lowest BCUT2D eigenvalue weighted by Gasteiger charge is -2.41. The van der Waals surface area contributed by atoms with E-state index >= 15 is 0 Å². The van der Waals surface area contributed by atoms with E-state index in [4.69, 9.17) is 0 Å². The Bertz CT molecular complexity index is 1790. The summed E-state index contributed by atoms with van der Waals surface area (Å²) in [6, 6.07) is 20.7. The summed E-state index contributed by atoms with van der Waals surface area (Å²) in [7, 11) is 0. The van der Waals surface area contributed by atoms with Crippen molar-refractivity contribution >= 4 is 29.1 Å². The van der Waals surface area contributed by atoms with Crippen molar-refractivity contribution < 1.29 is 19.5 Å². The molecule has 1 aliphatic carbocycles. The second-order valence-electron chi connectivity index (χ2n) is 15.9. The summed E-state index contributed by atoms with van der Waals surface area (Å²) in [6.45, 7) is 12.5. The van der Waals surface area contributed by atoms with Crippen LogP contribution in [-0.2, 0) is 22.6 Å². The molecule has 2 N–H and O–H groups in total. The number of fused-ring (bicyclic) bond motifs is 2. The van der Waals surface area contributed by atoms with E-state index in [0.717, 1.165) is 69.9 Å². The van der Waals surface area contributed by atoms with Gasteiger partial charge in [-0.3, -0.25) is 24.6 Å². The van der Waals surface area contributed by atoms with E-state index in [1.54, 1.807) is 4.90 Å². The Hall–Kier alpha value is -4.37. The van der Waals surface area contributed by atoms with E-state index < -0.39 is 6.04 Å². The number of piperazine rings is 1. The second-order valence-corrected chi connectivity index (χ2v) is 15.9. The van der Waals surface area contributed by atoms with Gasteiger partial charge in [0.1, 0.15) is 11.8 Å². The number of hydrogen-bond acceptors (Lipinski definition) is 7. The number of amides is 3. The first-order valence-corrected chi connectivity index (χ1v) is 18.5. The van der Waals surface area contributed by atoms with Crippen molar-refractivity contribution in [3.8, 4) is 5.75 Å². The molecule has 4 heterocycles. The molecule has 9 nitrogen and oxygen atoms in total. The maximum atomic E-state index is 13.1. The van der Waals surface area contributed by atoms with Crippen LogP contribution in [0.3, 0.4) is 0 Å². The molecule has 3 saturated heterocycles. The lowest BCUT2D eigenvalue weighted by atomic mass is 9.63. The number of hydrogen-bond donors (Lipinski definition) is 2. The minimum absolute atomic E-state index is 0.119. The maximum Gasteiger partial charge on any atom is 0.255 e. The molecule has 2 atom stereocenters. The van der Waals surface area contributed by atoms with E-state index in [2.05, 4.69) is 70.3 Å². The fourth-order valence-electron chi connectivity index (χ4n) is 9.31. The summed E-state index contributed by atoms with van der Waals surface area (Å²) < 4.78 is 0. The van der Waals surface area contributed by atoms with Crippen LogP contribution in [-0.4, -0.2) is 84.5 Å². The highest BCUT2D eigenvalue weighted by Gasteiger charge is 2.40. The molecule has 3 fully saturated rings. The summed E-state index contributed by atoms with van der Waals surface area (Å²) in [5, 5.41) is 12.5. The molecule has 50 heavy (non-hydrogen) atoms. The molecule has 0 saturated carbocycles. The molecule has 3 amide bonds. The normalized spacial score (nSPS) is 24.3. The number of phenolic OH excluding ortho intramolecular Hbond substituents is 1. The fourth-order valence-corrected chi connectivity index (χ4v) is 9.31. The zero-order valence-electron chi connectivity index (χ0n) is 29.4. The Balaban J connectivity index is 0.823. The molecular weight excluding hydrogens is 626 g/mol. The van der Waals surface area contributed by atoms with Crippen molar-refractivity contribution in [3.63, 3.8) is 0 Å². The first-order chi connectivity index (χ1) is 24.1. The number of benzene rings is 3. The smallest absolute Gasteiger partial charge is 0.255 e. The number of nitrogens with zero attached hydrogens (tertiary/aromatic N) is 4. The first kappa shape index (κ1) is 32.8. The number of rotatable bonds is 6. The van der Waals surface area contributed by atoms with Gasteiger partial charge in [-0.15, -0.1) is 0 Å². The van der Waals surface area contributed by atoms with Crippen LogP contribution in [0.1, 0.15) is 84.5 Å². The Morgan fingerprint density at radius 2 is 1.50 bits per heavy atom. The number of carbonyl (C=O) groups is 3. The monoisotopic (exact) mass is 675 g/mol. The molecule has 0 aromatic heterocycles. The van der Waals surface area contributed by atoms with Crippen LogP contribution in [0.15, 0.2) is 60.7 Å². The minimum Gasteiger partial charge on any atom is -0.508 e. The van der Waals surface area contributed by atoms with Gasteiger partial charge in [-0.1, -0.05) is 32.0 Å². The number of aromatic hydroxyl groups is 1. The largest absolute Gasteiger partial charge is 0.508 e. The SMILES string of the molecule is CC1(C)CCc2cc(O)ccc2[C@H]1c1ccc(N2CCC(CN3CCN(c4ccc5c(c4)CN([C@H]4CCC(=O)NC4=O)C5=O)CC3)CC2)cc1. The van der Waals surface area contributed by atoms with Crippen LogP contribution in [0.2, 0.25) is 0 Å². The highest BCUT2D eigenvalue weighted by Crippen LogP contribution is 2.49. The number of piperidine rings is 2. The highest BCUT2D eigenvalue weighted by atomic mass is 16.3. The number of carbonyl (C=O) groups excluding carboxylic acids is 3. The van der Waals surface area contributed by atoms with Crippen molar-refractivity contribution in [2.75, 3.05) is 55.6 Å². The zero-order valence-corrected chi connectivity index (χ0v) is 29.4. The van der Waals surface area contributed by atoms with E-state index in [0.29, 0.717) is 36.1 Å². The third-order valence-electron chi connectivity index (χ3n) is 12.2. The molecule has 0 radical (unpaired) electrons. The summed E-state index contributed by atoms with van der Waals surface area (Å²) in [5.74, 6) is 0.643. The summed E-state index contributed by atoms with van der Waals surface area (Å²) >= 11 is 0. The van der Waals surface area contributed by atoms with Gasteiger partial charge >= 0.3 is 0 Å². The third kappa shape index (κ3) is 6.25. The van der Waals surface area contributed by atoms with E-state index in [1.807, 2.05) is 24.3 Å². The molecule has 262 valence electrons. The third-order valence-corrected chi connectivity index (χ3v) is 12.2. The zero-order chi connectivity index (χ0) is 34.6. The van der Waals surface area contributed by atoms with Crippen LogP contribution in [0.25, 0.3) is 0 Å². The minimum atomic E-state index is -0.581. The maximum absolute atomic E-state index is 13.1. The number of phenols is 1. The average Bonchev–Trinajstić information content (AvgIpc) is 3.44. The predicted octanol–water partition coefficient (Wildman–Crippen LogP) is 5.30. The summed E-state index contributed by atoms with van der Waals surface area (Å²) in [5.41, 5.74) is 8.25. The molecule has 0 spiro atoms. The molecule has 9 heteroatoms. The Morgan fingerprint density at radius 3 is 2.24 bits per heavy atom. The van der Waals surface area contributed by atoms with Crippen LogP contribution in [0.4, 0.5) is 11.4 Å². The van der Waals surface area contributed by atoms with Gasteiger partial charge in [0.2, 0.25) is 11.8 Å². The lowest BCUT2D eigenvalue weighted by Crippen LogP contribution is -2.52. The van der Waals surface area contributed by atoms with Gasteiger partial charge in [0.25, 0.3) is 5.91 Å². The van der Waals surface area contributed by atoms with Gasteiger partial charge in [-0.2, -0.15) is 0 Å². The molecule has 4 aliphatic heterocycles. The molecule has 5 aliphatic rings. The first-order valence-electron chi connectivity index (χ1n) is 18.5. The van der Waals surface area contributed by atoms with Crippen molar-refractivity contribution in [1.82, 2.24) is 15.1 Å². The number of imide groups is 1. The average molecular weight is 676 g/mol. The Kier molecular flexibility index (Phi) is 8.58. The Morgan fingerprint density at radius 1 is 0.780 bits per heavy atom. The van der Waals surface area contributed by atoms with Gasteiger partial charge in [0.15, 0.2) is 0 Å². The van der Waals surface area contributed by atoms with E-state index in [-0.39, 0.29) is 29.6 Å².